The molecule has 0 unspecified atom stereocenters. The highest BCUT2D eigenvalue weighted by Gasteiger charge is 2.57. The van der Waals surface area contributed by atoms with Crippen molar-refractivity contribution in [3.8, 4) is 0 Å². The number of hydrogen-bond donors (Lipinski definition) is 0. The Morgan fingerprint density at radius 3 is 1.95 bits per heavy atom. The number of esters is 1. The maximum atomic E-state index is 13.1. The van der Waals surface area contributed by atoms with Crippen molar-refractivity contribution in [2.45, 2.75) is 24.0 Å². The number of rotatable bonds is 7. The third-order valence-corrected chi connectivity index (χ3v) is 9.71. The fraction of sp³-hybridized carbons (Fsp3) is 0.200. The van der Waals surface area contributed by atoms with Crippen LogP contribution in [0.3, 0.4) is 0 Å². The third-order valence-electron chi connectivity index (χ3n) is 7.19. The van der Waals surface area contributed by atoms with Gasteiger partial charge in [-0.05, 0) is 31.1 Å². The van der Waals surface area contributed by atoms with Crippen molar-refractivity contribution in [2.24, 2.45) is 0 Å². The van der Waals surface area contributed by atoms with Gasteiger partial charge >= 0.3 is 5.97 Å². The van der Waals surface area contributed by atoms with E-state index in [1.807, 2.05) is 83.8 Å². The van der Waals surface area contributed by atoms with Gasteiger partial charge in [-0.25, -0.2) is 12.1 Å². The Morgan fingerprint density at radius 2 is 1.43 bits per heavy atom. The van der Waals surface area contributed by atoms with E-state index in [0.29, 0.717) is 0 Å². The van der Waals surface area contributed by atoms with Crippen LogP contribution in [-0.2, 0) is 9.53 Å². The molecule has 0 aromatic heterocycles. The Morgan fingerprint density at radius 1 is 0.892 bits per heavy atom. The maximum Gasteiger partial charge on any atom is 0.323 e. The number of carbonyl (C=O) groups excluding carboxylic acids is 1. The van der Waals surface area contributed by atoms with E-state index in [0.717, 1.165) is 16.4 Å². The van der Waals surface area contributed by atoms with Gasteiger partial charge in [0, 0.05) is 4.92 Å². The molecule has 6 nitrogen and oxygen atoms in total. The van der Waals surface area contributed by atoms with Crippen LogP contribution in [0, 0.1) is 10.1 Å². The number of nitrogens with zero attached hydrogens (tertiary/aromatic N) is 2. The fourth-order valence-corrected chi connectivity index (χ4v) is 8.14. The number of methoxy groups -OCH3 is 1. The second-order valence-electron chi connectivity index (χ2n) is 9.16. The van der Waals surface area contributed by atoms with Gasteiger partial charge < -0.3 is 4.74 Å². The molecule has 0 bridgehead atoms. The van der Waals surface area contributed by atoms with E-state index in [9.17, 15) is 14.9 Å². The SMILES string of the molecule is COC(=O)[C@@H]1[C@H](c2ccccc2)[C@@H]([N+](=O)[O-])[C@@H]([c-]2cccc2P(c2ccccc2)c2ccccc2)N1C. The van der Waals surface area contributed by atoms with E-state index in [4.69, 9.17) is 4.74 Å². The molecule has 1 heterocycles. The summed E-state index contributed by atoms with van der Waals surface area (Å²) in [5.74, 6) is -1.12. The van der Waals surface area contributed by atoms with Crippen molar-refractivity contribution in [1.29, 1.82) is 0 Å². The molecule has 4 atom stereocenters. The molecule has 1 saturated heterocycles. The lowest BCUT2D eigenvalue weighted by Gasteiger charge is -2.31. The van der Waals surface area contributed by atoms with Crippen LogP contribution in [0.5, 0.6) is 0 Å². The summed E-state index contributed by atoms with van der Waals surface area (Å²) in [6.45, 7) is 0. The lowest BCUT2D eigenvalue weighted by molar-refractivity contribution is -0.528. The molecule has 0 radical (unpaired) electrons. The summed E-state index contributed by atoms with van der Waals surface area (Å²) < 4.78 is 5.17. The molecule has 188 valence electrons. The Kier molecular flexibility index (Phi) is 7.22. The van der Waals surface area contributed by atoms with E-state index in [2.05, 4.69) is 30.3 Å². The fourth-order valence-electron chi connectivity index (χ4n) is 5.65. The Balaban J connectivity index is 1.68. The molecule has 7 heteroatoms. The van der Waals surface area contributed by atoms with Gasteiger partial charge in [-0.1, -0.05) is 91.0 Å². The lowest BCUT2D eigenvalue weighted by Crippen LogP contribution is -2.38. The molecule has 37 heavy (non-hydrogen) atoms. The Hall–Kier alpha value is -3.73. The summed E-state index contributed by atoms with van der Waals surface area (Å²) in [6, 6.07) is 33.5. The average molecular weight is 512 g/mol. The molecule has 4 aromatic carbocycles. The zero-order chi connectivity index (χ0) is 25.9. The molecule has 0 aliphatic carbocycles. The standard InChI is InChI=1S/C30H28N2O4P/c1-31-27(28(32(34)35)26(29(31)30(33)36-2)21-13-6-3-7-14-21)24-19-12-20-25(24)37(22-15-8-4-9-16-22)23-17-10-5-11-18-23/h3-20,26-29H,1-2H3/q-1/t26-,27-,28-,29+/m1/s1. The molecule has 5 rings (SSSR count). The Bertz CT molecular complexity index is 1320. The highest BCUT2D eigenvalue weighted by Crippen LogP contribution is 2.48. The minimum Gasteiger partial charge on any atom is -0.468 e. The van der Waals surface area contributed by atoms with E-state index in [1.165, 1.54) is 17.7 Å². The summed E-state index contributed by atoms with van der Waals surface area (Å²) >= 11 is 0. The first-order valence-electron chi connectivity index (χ1n) is 12.2. The first kappa shape index (κ1) is 24.9. The highest BCUT2D eigenvalue weighted by atomic mass is 31.1. The quantitative estimate of drug-likeness (QED) is 0.123. The molecule has 4 aromatic rings. The van der Waals surface area contributed by atoms with Crippen LogP contribution in [0.1, 0.15) is 23.1 Å². The number of benzene rings is 3. The van der Waals surface area contributed by atoms with Crippen molar-refractivity contribution >= 4 is 29.8 Å². The van der Waals surface area contributed by atoms with Gasteiger partial charge in [0.1, 0.15) is 6.04 Å². The van der Waals surface area contributed by atoms with E-state index >= 15 is 0 Å². The van der Waals surface area contributed by atoms with Gasteiger partial charge in [0.25, 0.3) is 0 Å². The van der Waals surface area contributed by atoms with E-state index in [1.54, 1.807) is 7.05 Å². The van der Waals surface area contributed by atoms with Gasteiger partial charge in [0.2, 0.25) is 6.04 Å². The zero-order valence-electron chi connectivity index (χ0n) is 20.7. The molecule has 0 saturated carbocycles. The number of hydrogen-bond acceptors (Lipinski definition) is 5. The van der Waals surface area contributed by atoms with Gasteiger partial charge in [-0.3, -0.25) is 19.8 Å². The van der Waals surface area contributed by atoms with Crippen LogP contribution < -0.4 is 15.9 Å². The number of nitro groups is 1. The molecule has 1 aliphatic rings. The zero-order valence-corrected chi connectivity index (χ0v) is 21.6. The minimum atomic E-state index is -1.03. The van der Waals surface area contributed by atoms with Crippen molar-refractivity contribution in [3.05, 3.63) is 130 Å². The molecular formula is C30H28N2O4P-. The van der Waals surface area contributed by atoms with Gasteiger partial charge in [0.15, 0.2) is 0 Å². The van der Waals surface area contributed by atoms with Crippen molar-refractivity contribution in [1.82, 2.24) is 4.90 Å². The van der Waals surface area contributed by atoms with Crippen molar-refractivity contribution in [2.75, 3.05) is 14.2 Å². The van der Waals surface area contributed by atoms with Crippen LogP contribution in [0.25, 0.3) is 0 Å². The summed E-state index contributed by atoms with van der Waals surface area (Å²) in [5, 5.41) is 16.1. The first-order valence-corrected chi connectivity index (χ1v) is 13.5. The van der Waals surface area contributed by atoms with Crippen LogP contribution in [0.2, 0.25) is 0 Å². The molecule has 0 spiro atoms. The van der Waals surface area contributed by atoms with Gasteiger partial charge in [-0.2, -0.15) is 6.07 Å². The number of ether oxygens (including phenoxy) is 1. The summed E-state index contributed by atoms with van der Waals surface area (Å²) in [5.41, 5.74) is 1.64. The van der Waals surface area contributed by atoms with Gasteiger partial charge in [-0.15, -0.1) is 10.9 Å². The maximum absolute atomic E-state index is 13.1. The predicted octanol–water partition coefficient (Wildman–Crippen LogP) is 4.12. The normalized spacial score (nSPS) is 21.7. The van der Waals surface area contributed by atoms with E-state index < -0.39 is 37.9 Å². The van der Waals surface area contributed by atoms with Crippen molar-refractivity contribution < 1.29 is 14.5 Å². The molecule has 1 aliphatic heterocycles. The van der Waals surface area contributed by atoms with Crippen LogP contribution in [0.4, 0.5) is 0 Å². The molecule has 1 fully saturated rings. The number of carbonyl (C=O) groups is 1. The second-order valence-corrected chi connectivity index (χ2v) is 11.3. The van der Waals surface area contributed by atoms with Crippen molar-refractivity contribution in [3.63, 3.8) is 0 Å². The summed E-state index contributed by atoms with van der Waals surface area (Å²) in [6.07, 6.45) is 0. The van der Waals surface area contributed by atoms with Crippen LogP contribution >= 0.6 is 7.92 Å². The first-order chi connectivity index (χ1) is 18.0. The summed E-state index contributed by atoms with van der Waals surface area (Å²) in [4.78, 5) is 27.4. The highest BCUT2D eigenvalue weighted by molar-refractivity contribution is 7.79. The number of likely N-dealkylation sites (N-methyl/N-ethyl adjacent to an activating group) is 1. The minimum absolute atomic E-state index is 0.216. The monoisotopic (exact) mass is 511 g/mol. The number of likely N-dealkylation sites (tertiary alicyclic amines) is 1. The molecular weight excluding hydrogens is 483 g/mol. The Labute approximate surface area is 217 Å². The second kappa shape index (κ2) is 10.7. The smallest absolute Gasteiger partial charge is 0.323 e. The molecule has 0 N–H and O–H groups in total. The largest absolute Gasteiger partial charge is 0.468 e. The summed E-state index contributed by atoms with van der Waals surface area (Å²) in [7, 11) is 2.17. The van der Waals surface area contributed by atoms with Gasteiger partial charge in [0.05, 0.1) is 19.1 Å². The average Bonchev–Trinajstić information content (AvgIpc) is 3.52. The van der Waals surface area contributed by atoms with E-state index in [-0.39, 0.29) is 4.92 Å². The third kappa shape index (κ3) is 4.59. The van der Waals surface area contributed by atoms with Crippen LogP contribution in [0.15, 0.2) is 109 Å². The lowest BCUT2D eigenvalue weighted by atomic mass is 9.86. The topological polar surface area (TPSA) is 72.7 Å². The van der Waals surface area contributed by atoms with Crippen LogP contribution in [-0.4, -0.2) is 42.0 Å². The molecule has 0 amide bonds. The predicted molar refractivity (Wildman–Crippen MR) is 147 cm³/mol.